The Hall–Kier alpha value is -1.74. The highest BCUT2D eigenvalue weighted by Gasteiger charge is 2.09. The van der Waals surface area contributed by atoms with Crippen LogP contribution in [0.2, 0.25) is 0 Å². The van der Waals surface area contributed by atoms with Gasteiger partial charge in [0, 0.05) is 18.4 Å². The van der Waals surface area contributed by atoms with E-state index in [1.807, 2.05) is 25.2 Å². The quantitative estimate of drug-likeness (QED) is 0.873. The summed E-state index contributed by atoms with van der Waals surface area (Å²) in [6, 6.07) is 10.8. The fourth-order valence-electron chi connectivity index (χ4n) is 1.88. The fraction of sp³-hybridized carbons (Fsp3) is 0.214. The third-order valence-corrected chi connectivity index (χ3v) is 2.79. The molecule has 0 spiro atoms. The second kappa shape index (κ2) is 5.55. The average Bonchev–Trinajstić information content (AvgIpc) is 2.37. The maximum atomic E-state index is 13.1. The summed E-state index contributed by atoms with van der Waals surface area (Å²) in [5, 5.41) is 3.24. The van der Waals surface area contributed by atoms with Crippen molar-refractivity contribution in [1.82, 2.24) is 10.3 Å². The summed E-state index contributed by atoms with van der Waals surface area (Å²) < 4.78 is 13.1. The van der Waals surface area contributed by atoms with Crippen molar-refractivity contribution in [2.75, 3.05) is 7.05 Å². The molecule has 0 amide bonds. The summed E-state index contributed by atoms with van der Waals surface area (Å²) in [7, 11) is 1.91. The predicted octanol–water partition coefficient (Wildman–Crippen LogP) is 2.72. The molecule has 1 aromatic carbocycles. The Kier molecular flexibility index (Phi) is 3.83. The number of halogens is 1. The van der Waals surface area contributed by atoms with Crippen LogP contribution in [0.3, 0.4) is 0 Å². The van der Waals surface area contributed by atoms with Crippen molar-refractivity contribution in [3.05, 3.63) is 65.7 Å². The van der Waals surface area contributed by atoms with Gasteiger partial charge in [0.25, 0.3) is 0 Å². The zero-order valence-corrected chi connectivity index (χ0v) is 9.73. The van der Waals surface area contributed by atoms with Crippen molar-refractivity contribution in [3.63, 3.8) is 0 Å². The van der Waals surface area contributed by atoms with Crippen LogP contribution in [-0.2, 0) is 6.42 Å². The largest absolute Gasteiger partial charge is 0.313 e. The highest BCUT2D eigenvalue weighted by molar-refractivity contribution is 5.22. The Balaban J connectivity index is 2.16. The second-order valence-corrected chi connectivity index (χ2v) is 3.96. The van der Waals surface area contributed by atoms with Gasteiger partial charge in [-0.3, -0.25) is 4.98 Å². The Morgan fingerprint density at radius 3 is 2.65 bits per heavy atom. The van der Waals surface area contributed by atoms with Gasteiger partial charge in [0.1, 0.15) is 5.82 Å². The number of rotatable bonds is 4. The van der Waals surface area contributed by atoms with Gasteiger partial charge < -0.3 is 5.32 Å². The number of benzene rings is 1. The maximum Gasteiger partial charge on any atom is 0.123 e. The zero-order valence-electron chi connectivity index (χ0n) is 9.73. The molecule has 1 atom stereocenters. The number of hydrogen-bond acceptors (Lipinski definition) is 2. The number of aromatic nitrogens is 1. The minimum atomic E-state index is -0.188. The van der Waals surface area contributed by atoms with Crippen molar-refractivity contribution < 1.29 is 4.39 Å². The molecular weight excluding hydrogens is 215 g/mol. The van der Waals surface area contributed by atoms with Crippen LogP contribution in [0.25, 0.3) is 0 Å². The normalized spacial score (nSPS) is 12.4. The minimum Gasteiger partial charge on any atom is -0.313 e. The molecular formula is C14H15FN2. The highest BCUT2D eigenvalue weighted by atomic mass is 19.1. The molecule has 1 N–H and O–H groups in total. The number of nitrogens with zero attached hydrogens (tertiary/aromatic N) is 1. The molecule has 0 radical (unpaired) electrons. The summed E-state index contributed by atoms with van der Waals surface area (Å²) in [5.41, 5.74) is 2.15. The third-order valence-electron chi connectivity index (χ3n) is 2.79. The molecule has 0 bridgehead atoms. The SMILES string of the molecule is CNC(Cc1cccc(F)c1)c1ccncc1. The van der Waals surface area contributed by atoms with E-state index in [-0.39, 0.29) is 11.9 Å². The van der Waals surface area contributed by atoms with Crippen molar-refractivity contribution in [1.29, 1.82) is 0 Å². The Bertz CT molecular complexity index is 471. The van der Waals surface area contributed by atoms with Crippen LogP contribution in [0.1, 0.15) is 17.2 Å². The van der Waals surface area contributed by atoms with E-state index >= 15 is 0 Å². The van der Waals surface area contributed by atoms with Gasteiger partial charge in [-0.2, -0.15) is 0 Å². The van der Waals surface area contributed by atoms with Crippen molar-refractivity contribution in [2.24, 2.45) is 0 Å². The second-order valence-electron chi connectivity index (χ2n) is 3.96. The molecule has 2 aromatic rings. The highest BCUT2D eigenvalue weighted by Crippen LogP contribution is 2.17. The fourth-order valence-corrected chi connectivity index (χ4v) is 1.88. The van der Waals surface area contributed by atoms with E-state index in [2.05, 4.69) is 10.3 Å². The van der Waals surface area contributed by atoms with Crippen molar-refractivity contribution in [3.8, 4) is 0 Å². The average molecular weight is 230 g/mol. The first-order valence-corrected chi connectivity index (χ1v) is 5.61. The molecule has 1 unspecified atom stereocenters. The van der Waals surface area contributed by atoms with E-state index in [4.69, 9.17) is 0 Å². The molecule has 0 aliphatic rings. The first kappa shape index (κ1) is 11.7. The first-order valence-electron chi connectivity index (χ1n) is 5.61. The Labute approximate surface area is 101 Å². The summed E-state index contributed by atoms with van der Waals surface area (Å²) in [4.78, 5) is 4.00. The zero-order chi connectivity index (χ0) is 12.1. The van der Waals surface area contributed by atoms with E-state index < -0.39 is 0 Å². The molecule has 0 saturated heterocycles. The summed E-state index contributed by atoms with van der Waals surface area (Å²) in [6.07, 6.45) is 4.30. The van der Waals surface area contributed by atoms with Crippen LogP contribution >= 0.6 is 0 Å². The summed E-state index contributed by atoms with van der Waals surface area (Å²) in [5.74, 6) is -0.188. The predicted molar refractivity (Wildman–Crippen MR) is 66.1 cm³/mol. The lowest BCUT2D eigenvalue weighted by molar-refractivity contribution is 0.583. The van der Waals surface area contributed by atoms with E-state index in [0.717, 1.165) is 17.5 Å². The van der Waals surface area contributed by atoms with Crippen LogP contribution < -0.4 is 5.32 Å². The summed E-state index contributed by atoms with van der Waals surface area (Å²) in [6.45, 7) is 0. The van der Waals surface area contributed by atoms with Gasteiger partial charge in [0.2, 0.25) is 0 Å². The van der Waals surface area contributed by atoms with Crippen molar-refractivity contribution in [2.45, 2.75) is 12.5 Å². The molecule has 0 aliphatic heterocycles. The molecule has 2 rings (SSSR count). The number of hydrogen-bond donors (Lipinski definition) is 1. The Morgan fingerprint density at radius 1 is 1.24 bits per heavy atom. The van der Waals surface area contributed by atoms with Gasteiger partial charge in [-0.25, -0.2) is 4.39 Å². The lowest BCUT2D eigenvalue weighted by Crippen LogP contribution is -2.18. The number of nitrogens with one attached hydrogen (secondary N) is 1. The van der Waals surface area contributed by atoms with Crippen molar-refractivity contribution >= 4 is 0 Å². The van der Waals surface area contributed by atoms with Gasteiger partial charge in [-0.05, 0) is 48.9 Å². The standard InChI is InChI=1S/C14H15FN2/c1-16-14(12-5-7-17-8-6-12)10-11-3-2-4-13(15)9-11/h2-9,14,16H,10H2,1H3. The lowest BCUT2D eigenvalue weighted by Gasteiger charge is -2.16. The van der Waals surface area contributed by atoms with Crippen LogP contribution in [0.5, 0.6) is 0 Å². The van der Waals surface area contributed by atoms with Gasteiger partial charge in [0.15, 0.2) is 0 Å². The van der Waals surface area contributed by atoms with E-state index in [9.17, 15) is 4.39 Å². The molecule has 0 saturated carbocycles. The van der Waals surface area contributed by atoms with Crippen LogP contribution in [-0.4, -0.2) is 12.0 Å². The Morgan fingerprint density at radius 2 is 2.00 bits per heavy atom. The number of pyridine rings is 1. The molecule has 2 nitrogen and oxygen atoms in total. The van der Waals surface area contributed by atoms with E-state index in [1.54, 1.807) is 24.5 Å². The first-order chi connectivity index (χ1) is 8.29. The molecule has 0 aliphatic carbocycles. The molecule has 1 heterocycles. The van der Waals surface area contributed by atoms with E-state index in [0.29, 0.717) is 0 Å². The van der Waals surface area contributed by atoms with Crippen LogP contribution in [0.15, 0.2) is 48.8 Å². The van der Waals surface area contributed by atoms with Gasteiger partial charge in [0.05, 0.1) is 0 Å². The molecule has 88 valence electrons. The van der Waals surface area contributed by atoms with Gasteiger partial charge in [-0.15, -0.1) is 0 Å². The third kappa shape index (κ3) is 3.11. The molecule has 17 heavy (non-hydrogen) atoms. The van der Waals surface area contributed by atoms with Gasteiger partial charge >= 0.3 is 0 Å². The summed E-state index contributed by atoms with van der Waals surface area (Å²) >= 11 is 0. The topological polar surface area (TPSA) is 24.9 Å². The monoisotopic (exact) mass is 230 g/mol. The lowest BCUT2D eigenvalue weighted by atomic mass is 10.00. The van der Waals surface area contributed by atoms with Crippen LogP contribution in [0.4, 0.5) is 4.39 Å². The van der Waals surface area contributed by atoms with Gasteiger partial charge in [-0.1, -0.05) is 12.1 Å². The minimum absolute atomic E-state index is 0.180. The molecule has 0 fully saturated rings. The molecule has 3 heteroatoms. The smallest absolute Gasteiger partial charge is 0.123 e. The van der Waals surface area contributed by atoms with E-state index in [1.165, 1.54) is 6.07 Å². The number of likely N-dealkylation sites (N-methyl/N-ethyl adjacent to an activating group) is 1. The maximum absolute atomic E-state index is 13.1. The van der Waals surface area contributed by atoms with Crippen LogP contribution in [0, 0.1) is 5.82 Å². The molecule has 1 aromatic heterocycles.